The van der Waals surface area contributed by atoms with E-state index in [0.29, 0.717) is 11.3 Å². The Balaban J connectivity index is 2.21. The number of ether oxygens (including phenoxy) is 1. The van der Waals surface area contributed by atoms with Crippen LogP contribution in [0.3, 0.4) is 0 Å². The van der Waals surface area contributed by atoms with Crippen molar-refractivity contribution in [2.45, 2.75) is 13.0 Å². The SMILES string of the molecule is COC(=O)C1=C(C)NC(c2c(F)cccc2F)=NC1c1ccc(F)cc1Cl. The fraction of sp³-hybridized carbons (Fsp3) is 0.158. The predicted molar refractivity (Wildman–Crippen MR) is 94.9 cm³/mol. The molecule has 4 nitrogen and oxygen atoms in total. The molecule has 0 radical (unpaired) electrons. The standard InChI is InChI=1S/C19H14ClF3N2O2/c1-9-15(19(26)27-2)17(11-7-6-10(21)8-12(11)20)25-18(24-9)16-13(22)4-3-5-14(16)23/h3-8,17H,1-2H3,(H,24,25). The first-order chi connectivity index (χ1) is 12.8. The minimum Gasteiger partial charge on any atom is -0.466 e. The van der Waals surface area contributed by atoms with E-state index < -0.39 is 29.5 Å². The van der Waals surface area contributed by atoms with Crippen molar-refractivity contribution in [3.05, 3.63) is 81.3 Å². The summed E-state index contributed by atoms with van der Waals surface area (Å²) in [5, 5.41) is 2.76. The van der Waals surface area contributed by atoms with Gasteiger partial charge in [-0.05, 0) is 31.2 Å². The molecule has 0 bridgehead atoms. The number of esters is 1. The Bertz CT molecular complexity index is 969. The van der Waals surface area contributed by atoms with Gasteiger partial charge in [-0.25, -0.2) is 18.0 Å². The summed E-state index contributed by atoms with van der Waals surface area (Å²) < 4.78 is 46.6. The van der Waals surface area contributed by atoms with E-state index in [-0.39, 0.29) is 22.0 Å². The number of nitrogens with zero attached hydrogens (tertiary/aromatic N) is 1. The number of halogens is 4. The maximum atomic E-state index is 14.2. The molecule has 27 heavy (non-hydrogen) atoms. The van der Waals surface area contributed by atoms with E-state index in [0.717, 1.165) is 24.3 Å². The molecular formula is C19H14ClF3N2O2. The molecule has 2 aromatic rings. The van der Waals surface area contributed by atoms with Crippen molar-refractivity contribution in [2.75, 3.05) is 7.11 Å². The Morgan fingerprint density at radius 1 is 1.19 bits per heavy atom. The molecule has 0 saturated carbocycles. The van der Waals surface area contributed by atoms with E-state index in [1.165, 1.54) is 19.2 Å². The van der Waals surface area contributed by atoms with Gasteiger partial charge in [-0.3, -0.25) is 4.99 Å². The Labute approximate surface area is 158 Å². The normalized spacial score (nSPS) is 16.7. The monoisotopic (exact) mass is 394 g/mol. The Kier molecular flexibility index (Phi) is 5.23. The molecule has 0 fully saturated rings. The number of carbonyl (C=O) groups is 1. The molecule has 0 amide bonds. The third-order valence-electron chi connectivity index (χ3n) is 4.10. The second kappa shape index (κ2) is 7.44. The topological polar surface area (TPSA) is 50.7 Å². The zero-order chi connectivity index (χ0) is 19.7. The van der Waals surface area contributed by atoms with Crippen LogP contribution in [0.4, 0.5) is 13.2 Å². The van der Waals surface area contributed by atoms with Gasteiger partial charge in [-0.2, -0.15) is 0 Å². The fourth-order valence-electron chi connectivity index (χ4n) is 2.85. The summed E-state index contributed by atoms with van der Waals surface area (Å²) in [7, 11) is 1.20. The largest absolute Gasteiger partial charge is 0.466 e. The highest BCUT2D eigenvalue weighted by atomic mass is 35.5. The summed E-state index contributed by atoms with van der Waals surface area (Å²) in [6.07, 6.45) is 0. The van der Waals surface area contributed by atoms with Crippen molar-refractivity contribution in [1.82, 2.24) is 5.32 Å². The first-order valence-corrected chi connectivity index (χ1v) is 8.24. The smallest absolute Gasteiger partial charge is 0.338 e. The minimum atomic E-state index is -1.03. The van der Waals surface area contributed by atoms with E-state index in [9.17, 15) is 18.0 Å². The van der Waals surface area contributed by atoms with E-state index in [1.807, 2.05) is 0 Å². The maximum Gasteiger partial charge on any atom is 0.338 e. The van der Waals surface area contributed by atoms with Crippen LogP contribution in [-0.2, 0) is 9.53 Å². The van der Waals surface area contributed by atoms with Crippen LogP contribution in [0.25, 0.3) is 0 Å². The average Bonchev–Trinajstić information content (AvgIpc) is 2.60. The number of methoxy groups -OCH3 is 1. The summed E-state index contributed by atoms with van der Waals surface area (Å²) in [6.45, 7) is 1.55. The number of hydrogen-bond acceptors (Lipinski definition) is 4. The van der Waals surface area contributed by atoms with Gasteiger partial charge in [0, 0.05) is 16.3 Å². The fourth-order valence-corrected chi connectivity index (χ4v) is 3.12. The number of nitrogens with one attached hydrogen (secondary N) is 1. The lowest BCUT2D eigenvalue weighted by Gasteiger charge is -2.26. The van der Waals surface area contributed by atoms with Gasteiger partial charge in [-0.1, -0.05) is 23.7 Å². The molecular weight excluding hydrogens is 381 g/mol. The molecule has 1 heterocycles. The van der Waals surface area contributed by atoms with E-state index in [1.54, 1.807) is 6.92 Å². The van der Waals surface area contributed by atoms with Crippen LogP contribution in [-0.4, -0.2) is 18.9 Å². The summed E-state index contributed by atoms with van der Waals surface area (Å²) in [6, 6.07) is 5.99. The highest BCUT2D eigenvalue weighted by molar-refractivity contribution is 6.31. The third-order valence-corrected chi connectivity index (χ3v) is 4.43. The lowest BCUT2D eigenvalue weighted by Crippen LogP contribution is -2.33. The Morgan fingerprint density at radius 3 is 2.44 bits per heavy atom. The minimum absolute atomic E-state index is 0.0215. The molecule has 3 rings (SSSR count). The van der Waals surface area contributed by atoms with Crippen molar-refractivity contribution >= 4 is 23.4 Å². The Hall–Kier alpha value is -2.80. The van der Waals surface area contributed by atoms with Crippen molar-refractivity contribution in [3.8, 4) is 0 Å². The highest BCUT2D eigenvalue weighted by Gasteiger charge is 2.33. The van der Waals surface area contributed by atoms with Gasteiger partial charge in [0.25, 0.3) is 0 Å². The van der Waals surface area contributed by atoms with Gasteiger partial charge in [0.05, 0.1) is 18.2 Å². The van der Waals surface area contributed by atoms with Gasteiger partial charge < -0.3 is 10.1 Å². The highest BCUT2D eigenvalue weighted by Crippen LogP contribution is 2.36. The number of hydrogen-bond donors (Lipinski definition) is 1. The van der Waals surface area contributed by atoms with Crippen LogP contribution >= 0.6 is 11.6 Å². The van der Waals surface area contributed by atoms with Crippen LogP contribution in [0.5, 0.6) is 0 Å². The number of rotatable bonds is 3. The molecule has 1 aliphatic rings. The second-order valence-electron chi connectivity index (χ2n) is 5.80. The number of amidine groups is 1. The molecule has 0 saturated heterocycles. The number of carbonyl (C=O) groups excluding carboxylic acids is 1. The van der Waals surface area contributed by atoms with Crippen molar-refractivity contribution in [3.63, 3.8) is 0 Å². The summed E-state index contributed by atoms with van der Waals surface area (Å²) in [4.78, 5) is 16.6. The maximum absolute atomic E-state index is 14.2. The summed E-state index contributed by atoms with van der Waals surface area (Å²) >= 11 is 6.13. The van der Waals surface area contributed by atoms with Crippen LogP contribution in [0, 0.1) is 17.5 Å². The molecule has 8 heteroatoms. The molecule has 1 atom stereocenters. The zero-order valence-corrected chi connectivity index (χ0v) is 15.1. The second-order valence-corrected chi connectivity index (χ2v) is 6.21. The van der Waals surface area contributed by atoms with Crippen LogP contribution in [0.2, 0.25) is 5.02 Å². The van der Waals surface area contributed by atoms with Gasteiger partial charge >= 0.3 is 5.97 Å². The summed E-state index contributed by atoms with van der Waals surface area (Å²) in [5.41, 5.74) is 0.323. The van der Waals surface area contributed by atoms with Gasteiger partial charge in [0.15, 0.2) is 0 Å². The number of benzene rings is 2. The van der Waals surface area contributed by atoms with E-state index in [2.05, 4.69) is 10.3 Å². The van der Waals surface area contributed by atoms with Crippen molar-refractivity contribution in [2.24, 2.45) is 4.99 Å². The summed E-state index contributed by atoms with van der Waals surface area (Å²) in [5.74, 6) is -3.01. The predicted octanol–water partition coefficient (Wildman–Crippen LogP) is 4.30. The molecule has 0 spiro atoms. The van der Waals surface area contributed by atoms with Gasteiger partial charge in [0.2, 0.25) is 0 Å². The van der Waals surface area contributed by atoms with Crippen LogP contribution < -0.4 is 5.32 Å². The van der Waals surface area contributed by atoms with Crippen molar-refractivity contribution < 1.29 is 22.7 Å². The van der Waals surface area contributed by atoms with Gasteiger partial charge in [-0.15, -0.1) is 0 Å². The van der Waals surface area contributed by atoms with E-state index in [4.69, 9.17) is 16.3 Å². The average molecular weight is 395 g/mol. The first kappa shape index (κ1) is 19.0. The Morgan fingerprint density at radius 2 is 1.85 bits per heavy atom. The molecule has 1 unspecified atom stereocenters. The molecule has 1 aliphatic heterocycles. The quantitative estimate of drug-likeness (QED) is 0.790. The number of aliphatic imine (C=N–C) groups is 1. The zero-order valence-electron chi connectivity index (χ0n) is 14.3. The molecule has 1 N–H and O–H groups in total. The lowest BCUT2D eigenvalue weighted by molar-refractivity contribution is -0.136. The van der Waals surface area contributed by atoms with E-state index >= 15 is 0 Å². The molecule has 140 valence electrons. The molecule has 0 aliphatic carbocycles. The lowest BCUT2D eigenvalue weighted by atomic mass is 9.95. The van der Waals surface area contributed by atoms with Gasteiger partial charge in [0.1, 0.15) is 29.3 Å². The van der Waals surface area contributed by atoms with Crippen LogP contribution in [0.1, 0.15) is 24.1 Å². The van der Waals surface area contributed by atoms with Crippen LogP contribution in [0.15, 0.2) is 52.7 Å². The third kappa shape index (κ3) is 3.55. The van der Waals surface area contributed by atoms with Crippen molar-refractivity contribution in [1.29, 1.82) is 0 Å². The molecule has 0 aromatic heterocycles. The first-order valence-electron chi connectivity index (χ1n) is 7.86. The number of allylic oxidation sites excluding steroid dienone is 1. The molecule has 2 aromatic carbocycles.